The highest BCUT2D eigenvalue weighted by Crippen LogP contribution is 2.48. The van der Waals surface area contributed by atoms with Crippen molar-refractivity contribution >= 4 is 0 Å². The van der Waals surface area contributed by atoms with Gasteiger partial charge in [0.25, 0.3) is 0 Å². The van der Waals surface area contributed by atoms with Gasteiger partial charge >= 0.3 is 18.3 Å². The van der Waals surface area contributed by atoms with Crippen LogP contribution < -0.4 is 0 Å². The van der Waals surface area contributed by atoms with Crippen molar-refractivity contribution in [3.8, 4) is 6.07 Å². The predicted octanol–water partition coefficient (Wildman–Crippen LogP) is 2.96. The van der Waals surface area contributed by atoms with E-state index in [1.807, 2.05) is 0 Å². The van der Waals surface area contributed by atoms with Gasteiger partial charge in [0, 0.05) is 13.7 Å². The van der Waals surface area contributed by atoms with Crippen LogP contribution in [0.4, 0.5) is 35.1 Å². The first-order valence-electron chi connectivity index (χ1n) is 5.35. The first-order chi connectivity index (χ1) is 9.75. The van der Waals surface area contributed by atoms with Crippen LogP contribution in [0.25, 0.3) is 0 Å². The van der Waals surface area contributed by atoms with E-state index in [4.69, 9.17) is 10.4 Å². The Morgan fingerprint density at radius 1 is 1.14 bits per heavy atom. The Bertz CT molecular complexity index is 552. The summed E-state index contributed by atoms with van der Waals surface area (Å²) < 4.78 is 99.8. The summed E-state index contributed by atoms with van der Waals surface area (Å²) in [5.41, 5.74) is -6.35. The molecule has 0 atom stereocenters. The molecule has 0 aromatic carbocycles. The molecule has 0 bridgehead atoms. The first-order valence-corrected chi connectivity index (χ1v) is 5.35. The van der Waals surface area contributed by atoms with E-state index in [2.05, 4.69) is 5.10 Å². The number of nitriles is 1. The number of halogens is 8. The lowest BCUT2D eigenvalue weighted by molar-refractivity contribution is -0.292. The van der Waals surface area contributed by atoms with E-state index in [1.165, 1.54) is 0 Å². The van der Waals surface area contributed by atoms with Gasteiger partial charge in [0.05, 0.1) is 0 Å². The molecule has 0 saturated carbocycles. The zero-order chi connectivity index (χ0) is 17.9. The van der Waals surface area contributed by atoms with E-state index < -0.39 is 35.2 Å². The van der Waals surface area contributed by atoms with E-state index in [9.17, 15) is 35.1 Å². The number of aryl methyl sites for hydroxylation is 1. The third kappa shape index (κ3) is 3.85. The van der Waals surface area contributed by atoms with Gasteiger partial charge in [0.1, 0.15) is 11.6 Å². The van der Waals surface area contributed by atoms with Crippen molar-refractivity contribution in [2.24, 2.45) is 7.05 Å². The van der Waals surface area contributed by atoms with Crippen molar-refractivity contribution in [1.29, 1.82) is 5.26 Å². The molecule has 22 heavy (non-hydrogen) atoms. The number of aliphatic hydroxyl groups is 1. The zero-order valence-corrected chi connectivity index (χ0v) is 11.0. The van der Waals surface area contributed by atoms with Gasteiger partial charge in [-0.1, -0.05) is 0 Å². The van der Waals surface area contributed by atoms with Crippen molar-refractivity contribution in [1.82, 2.24) is 9.78 Å². The SMILES string of the molecule is CCO.Cn1nc(C(F)(F)C(F)(F)F)c(C(F)(F)F)c1C#N. The average molecular weight is 339 g/mol. The largest absolute Gasteiger partial charge is 0.459 e. The molecule has 1 rings (SSSR count). The Kier molecular flexibility index (Phi) is 5.91. The smallest absolute Gasteiger partial charge is 0.397 e. The molecule has 12 heteroatoms. The molecule has 0 unspecified atom stereocenters. The van der Waals surface area contributed by atoms with Crippen LogP contribution in [0.1, 0.15) is 23.9 Å². The van der Waals surface area contributed by atoms with Crippen molar-refractivity contribution < 1.29 is 40.2 Å². The minimum atomic E-state index is -6.26. The third-order valence-electron chi connectivity index (χ3n) is 2.09. The molecular formula is C10H9F8N3O. The number of aromatic nitrogens is 2. The molecule has 1 aromatic rings. The van der Waals surface area contributed by atoms with E-state index in [-0.39, 0.29) is 11.3 Å². The lowest BCUT2D eigenvalue weighted by Crippen LogP contribution is -2.36. The summed E-state index contributed by atoms with van der Waals surface area (Å²) in [4.78, 5) is 0. The van der Waals surface area contributed by atoms with Crippen LogP contribution in [0.15, 0.2) is 0 Å². The second kappa shape index (κ2) is 6.47. The second-order valence-corrected chi connectivity index (χ2v) is 3.69. The summed E-state index contributed by atoms with van der Waals surface area (Å²) in [5.74, 6) is -5.81. The molecule has 0 saturated heterocycles. The molecule has 0 aliphatic rings. The molecule has 126 valence electrons. The molecule has 1 heterocycles. The molecule has 0 radical (unpaired) electrons. The number of nitrogens with zero attached hydrogens (tertiary/aromatic N) is 3. The topological polar surface area (TPSA) is 61.8 Å². The number of hydrogen-bond acceptors (Lipinski definition) is 3. The molecule has 0 aliphatic carbocycles. The van der Waals surface area contributed by atoms with E-state index >= 15 is 0 Å². The molecular weight excluding hydrogens is 330 g/mol. The van der Waals surface area contributed by atoms with Crippen LogP contribution in [0, 0.1) is 11.3 Å². The van der Waals surface area contributed by atoms with Crippen molar-refractivity contribution in [3.63, 3.8) is 0 Å². The monoisotopic (exact) mass is 339 g/mol. The van der Waals surface area contributed by atoms with Crippen LogP contribution in [-0.2, 0) is 19.1 Å². The number of alkyl halides is 8. The predicted molar refractivity (Wildman–Crippen MR) is 55.6 cm³/mol. The summed E-state index contributed by atoms with van der Waals surface area (Å²) in [6.07, 6.45) is -11.8. The van der Waals surface area contributed by atoms with Gasteiger partial charge in [-0.05, 0) is 6.92 Å². The molecule has 1 N–H and O–H groups in total. The number of aliphatic hydroxyl groups excluding tert-OH is 1. The maximum Gasteiger partial charge on any atom is 0.459 e. The summed E-state index contributed by atoms with van der Waals surface area (Å²) in [6.45, 7) is 1.93. The first kappa shape index (κ1) is 20.1. The Morgan fingerprint density at radius 3 is 1.82 bits per heavy atom. The fraction of sp³-hybridized carbons (Fsp3) is 0.600. The van der Waals surface area contributed by atoms with Crippen molar-refractivity contribution in [3.05, 3.63) is 17.0 Å². The lowest BCUT2D eigenvalue weighted by atomic mass is 10.1. The van der Waals surface area contributed by atoms with Gasteiger partial charge in [0.2, 0.25) is 0 Å². The van der Waals surface area contributed by atoms with Crippen LogP contribution in [0.2, 0.25) is 0 Å². The summed E-state index contributed by atoms with van der Waals surface area (Å²) >= 11 is 0. The maximum atomic E-state index is 13.0. The highest BCUT2D eigenvalue weighted by molar-refractivity contribution is 5.40. The number of hydrogen-bond donors (Lipinski definition) is 1. The Balaban J connectivity index is 0.00000135. The van der Waals surface area contributed by atoms with Crippen LogP contribution in [-0.4, -0.2) is 27.7 Å². The quantitative estimate of drug-likeness (QED) is 0.800. The molecule has 0 fully saturated rings. The number of rotatable bonds is 1. The summed E-state index contributed by atoms with van der Waals surface area (Å²) in [5, 5.41) is 18.5. The van der Waals surface area contributed by atoms with Crippen LogP contribution in [0.3, 0.4) is 0 Å². The Hall–Kier alpha value is -1.90. The van der Waals surface area contributed by atoms with Gasteiger partial charge in [-0.3, -0.25) is 4.68 Å². The molecule has 0 amide bonds. The van der Waals surface area contributed by atoms with E-state index in [0.29, 0.717) is 7.05 Å². The summed E-state index contributed by atoms with van der Waals surface area (Å²) in [6, 6.07) is 0.894. The van der Waals surface area contributed by atoms with E-state index in [1.54, 1.807) is 6.92 Å². The molecule has 1 aromatic heterocycles. The average Bonchev–Trinajstić information content (AvgIpc) is 2.65. The third-order valence-corrected chi connectivity index (χ3v) is 2.09. The van der Waals surface area contributed by atoms with Crippen LogP contribution in [0.5, 0.6) is 0 Å². The van der Waals surface area contributed by atoms with Gasteiger partial charge in [-0.15, -0.1) is 0 Å². The van der Waals surface area contributed by atoms with Crippen molar-refractivity contribution in [2.75, 3.05) is 6.61 Å². The molecule has 4 nitrogen and oxygen atoms in total. The standard InChI is InChI=1S/C8H3F8N3.C2H6O/c1-19-3(2-17)4(7(11,12)13)5(18-19)6(9,10)8(14,15)16;1-2-3/h1H3;3H,2H2,1H3. The minimum Gasteiger partial charge on any atom is -0.397 e. The second-order valence-electron chi connectivity index (χ2n) is 3.69. The van der Waals surface area contributed by atoms with Gasteiger partial charge in [0.15, 0.2) is 11.4 Å². The summed E-state index contributed by atoms with van der Waals surface area (Å²) in [7, 11) is 0.656. The van der Waals surface area contributed by atoms with Gasteiger partial charge in [-0.2, -0.15) is 45.5 Å². The van der Waals surface area contributed by atoms with Crippen molar-refractivity contribution in [2.45, 2.75) is 25.2 Å². The Morgan fingerprint density at radius 2 is 1.55 bits per heavy atom. The Labute approximate surface area is 118 Å². The highest BCUT2D eigenvalue weighted by Gasteiger charge is 2.64. The fourth-order valence-corrected chi connectivity index (χ4v) is 1.27. The maximum absolute atomic E-state index is 13.0. The van der Waals surface area contributed by atoms with E-state index in [0.717, 1.165) is 6.07 Å². The minimum absolute atomic E-state index is 0.0256. The molecule has 0 spiro atoms. The molecule has 0 aliphatic heterocycles. The van der Waals surface area contributed by atoms with Gasteiger partial charge < -0.3 is 5.11 Å². The fourth-order valence-electron chi connectivity index (χ4n) is 1.27. The normalized spacial score (nSPS) is 12.5. The lowest BCUT2D eigenvalue weighted by Gasteiger charge is -2.19. The van der Waals surface area contributed by atoms with Gasteiger partial charge in [-0.25, -0.2) is 0 Å². The van der Waals surface area contributed by atoms with Crippen LogP contribution >= 0.6 is 0 Å². The zero-order valence-electron chi connectivity index (χ0n) is 11.0. The highest BCUT2D eigenvalue weighted by atomic mass is 19.4.